The number of benzene rings is 1. The Kier molecular flexibility index (Phi) is 4.69. The van der Waals surface area contributed by atoms with E-state index in [1.54, 1.807) is 50.7 Å². The molecule has 3 aromatic rings. The molecule has 8 nitrogen and oxygen atoms in total. The Morgan fingerprint density at radius 2 is 1.96 bits per heavy atom. The van der Waals surface area contributed by atoms with Gasteiger partial charge in [-0.2, -0.15) is 0 Å². The van der Waals surface area contributed by atoms with Crippen LogP contribution >= 0.6 is 0 Å². The molecule has 0 bridgehead atoms. The summed E-state index contributed by atoms with van der Waals surface area (Å²) in [4.78, 5) is 24.3. The van der Waals surface area contributed by atoms with Gasteiger partial charge in [-0.15, -0.1) is 5.10 Å². The summed E-state index contributed by atoms with van der Waals surface area (Å²) in [6.07, 6.45) is 1.61. The lowest BCUT2D eigenvalue weighted by atomic mass is 10.2. The normalized spacial score (nSPS) is 10.6. The molecule has 0 fully saturated rings. The molecule has 0 saturated carbocycles. The van der Waals surface area contributed by atoms with E-state index in [-0.39, 0.29) is 18.1 Å². The van der Waals surface area contributed by atoms with Crippen molar-refractivity contribution in [2.75, 3.05) is 14.2 Å². The zero-order valence-electron chi connectivity index (χ0n) is 13.9. The van der Waals surface area contributed by atoms with E-state index in [0.29, 0.717) is 23.7 Å². The van der Waals surface area contributed by atoms with Gasteiger partial charge in [0.15, 0.2) is 17.1 Å². The first-order chi connectivity index (χ1) is 12.1. The monoisotopic (exact) mass is 342 g/mol. The molecule has 1 amide bonds. The van der Waals surface area contributed by atoms with Crippen LogP contribution in [0.15, 0.2) is 47.4 Å². The van der Waals surface area contributed by atoms with Crippen molar-refractivity contribution in [1.29, 1.82) is 0 Å². The smallest absolute Gasteiger partial charge is 0.350 e. The van der Waals surface area contributed by atoms with Crippen molar-refractivity contribution in [3.63, 3.8) is 0 Å². The highest BCUT2D eigenvalue weighted by atomic mass is 16.5. The summed E-state index contributed by atoms with van der Waals surface area (Å²) in [6, 6.07) is 10.6. The molecule has 3 rings (SSSR count). The first kappa shape index (κ1) is 16.6. The number of hydrogen-bond donors (Lipinski definition) is 1. The minimum absolute atomic E-state index is 0.145. The molecule has 25 heavy (non-hydrogen) atoms. The Morgan fingerprint density at radius 3 is 2.68 bits per heavy atom. The number of pyridine rings is 1. The molecule has 1 aromatic carbocycles. The van der Waals surface area contributed by atoms with E-state index in [4.69, 9.17) is 9.47 Å². The number of aromatic nitrogens is 3. The third kappa shape index (κ3) is 3.47. The summed E-state index contributed by atoms with van der Waals surface area (Å²) in [6.45, 7) is 0.162. The second kappa shape index (κ2) is 7.08. The first-order valence-electron chi connectivity index (χ1n) is 7.64. The van der Waals surface area contributed by atoms with Crippen molar-refractivity contribution in [3.8, 4) is 11.5 Å². The zero-order chi connectivity index (χ0) is 17.8. The summed E-state index contributed by atoms with van der Waals surface area (Å²) in [7, 11) is 3.11. The first-order valence-corrected chi connectivity index (χ1v) is 7.64. The second-order valence-electron chi connectivity index (χ2n) is 5.34. The van der Waals surface area contributed by atoms with E-state index in [2.05, 4.69) is 10.4 Å². The lowest BCUT2D eigenvalue weighted by molar-refractivity contribution is -0.122. The molecule has 0 saturated heterocycles. The highest BCUT2D eigenvalue weighted by molar-refractivity contribution is 5.75. The van der Waals surface area contributed by atoms with Crippen molar-refractivity contribution in [2.24, 2.45) is 0 Å². The summed E-state index contributed by atoms with van der Waals surface area (Å²) < 4.78 is 12.9. The number of rotatable bonds is 6. The largest absolute Gasteiger partial charge is 0.493 e. The van der Waals surface area contributed by atoms with Crippen LogP contribution in [0.25, 0.3) is 5.65 Å². The molecule has 0 aliphatic carbocycles. The number of fused-ring (bicyclic) bond motifs is 1. The topological polar surface area (TPSA) is 86.9 Å². The molecule has 0 spiro atoms. The van der Waals surface area contributed by atoms with Gasteiger partial charge >= 0.3 is 5.69 Å². The summed E-state index contributed by atoms with van der Waals surface area (Å²) in [5, 5.41) is 6.89. The van der Waals surface area contributed by atoms with Gasteiger partial charge in [-0.3, -0.25) is 9.20 Å². The van der Waals surface area contributed by atoms with E-state index in [1.807, 2.05) is 6.07 Å². The minimum Gasteiger partial charge on any atom is -0.493 e. The number of hydrogen-bond acceptors (Lipinski definition) is 5. The van der Waals surface area contributed by atoms with Gasteiger partial charge in [-0.25, -0.2) is 9.48 Å². The number of carbonyl (C=O) groups is 1. The fourth-order valence-electron chi connectivity index (χ4n) is 2.45. The van der Waals surface area contributed by atoms with Gasteiger partial charge < -0.3 is 14.8 Å². The third-order valence-corrected chi connectivity index (χ3v) is 3.72. The van der Waals surface area contributed by atoms with Crippen LogP contribution in [-0.4, -0.2) is 34.3 Å². The van der Waals surface area contributed by atoms with Crippen LogP contribution < -0.4 is 20.5 Å². The fourth-order valence-corrected chi connectivity index (χ4v) is 2.45. The lowest BCUT2D eigenvalue weighted by Crippen LogP contribution is -2.32. The van der Waals surface area contributed by atoms with Gasteiger partial charge in [0.25, 0.3) is 0 Å². The van der Waals surface area contributed by atoms with Gasteiger partial charge in [0.2, 0.25) is 5.91 Å². The maximum Gasteiger partial charge on any atom is 0.350 e. The minimum atomic E-state index is -0.350. The predicted molar refractivity (Wildman–Crippen MR) is 90.8 cm³/mol. The summed E-state index contributed by atoms with van der Waals surface area (Å²) in [5.74, 6) is 0.903. The molecule has 2 heterocycles. The fraction of sp³-hybridized carbons (Fsp3) is 0.235. The van der Waals surface area contributed by atoms with Gasteiger partial charge in [-0.05, 0) is 29.8 Å². The lowest BCUT2D eigenvalue weighted by Gasteiger charge is -2.10. The van der Waals surface area contributed by atoms with Crippen LogP contribution in [0, 0.1) is 0 Å². The van der Waals surface area contributed by atoms with Gasteiger partial charge in [0, 0.05) is 12.7 Å². The summed E-state index contributed by atoms with van der Waals surface area (Å²) in [5.41, 5.74) is 1.01. The standard InChI is InChI=1S/C17H18N4O4/c1-24-13-7-6-12(9-14(13)25-2)10-18-16(22)11-21-17(23)20-8-4-3-5-15(20)19-21/h3-9H,10-11H2,1-2H3,(H,18,22). The Hall–Kier alpha value is -3.29. The Labute approximate surface area is 143 Å². The van der Waals surface area contributed by atoms with Gasteiger partial charge in [0.1, 0.15) is 6.54 Å². The van der Waals surface area contributed by atoms with Gasteiger partial charge in [-0.1, -0.05) is 12.1 Å². The molecule has 0 aliphatic rings. The van der Waals surface area contributed by atoms with Crippen molar-refractivity contribution in [2.45, 2.75) is 13.1 Å². The Balaban J connectivity index is 1.66. The van der Waals surface area contributed by atoms with Gasteiger partial charge in [0.05, 0.1) is 14.2 Å². The van der Waals surface area contributed by atoms with E-state index in [1.165, 1.54) is 4.40 Å². The molecule has 130 valence electrons. The van der Waals surface area contributed by atoms with Crippen LogP contribution in [0.2, 0.25) is 0 Å². The van der Waals surface area contributed by atoms with Crippen LogP contribution in [-0.2, 0) is 17.9 Å². The molecule has 2 aromatic heterocycles. The van der Waals surface area contributed by atoms with E-state index < -0.39 is 0 Å². The number of nitrogens with zero attached hydrogens (tertiary/aromatic N) is 3. The van der Waals surface area contributed by atoms with E-state index in [0.717, 1.165) is 10.2 Å². The van der Waals surface area contributed by atoms with E-state index in [9.17, 15) is 9.59 Å². The number of amides is 1. The van der Waals surface area contributed by atoms with Crippen LogP contribution in [0.3, 0.4) is 0 Å². The molecule has 0 unspecified atom stereocenters. The molecule has 1 N–H and O–H groups in total. The molecule has 0 aliphatic heterocycles. The quantitative estimate of drug-likeness (QED) is 0.717. The SMILES string of the molecule is COc1ccc(CNC(=O)Cn2nc3ccccn3c2=O)cc1OC. The molecular weight excluding hydrogens is 324 g/mol. The van der Waals surface area contributed by atoms with Crippen LogP contribution in [0.4, 0.5) is 0 Å². The Bertz CT molecular complexity index is 961. The number of methoxy groups -OCH3 is 2. The zero-order valence-corrected chi connectivity index (χ0v) is 13.9. The maximum absolute atomic E-state index is 12.1. The van der Waals surface area contributed by atoms with Crippen molar-refractivity contribution < 1.29 is 14.3 Å². The van der Waals surface area contributed by atoms with E-state index >= 15 is 0 Å². The average Bonchev–Trinajstić information content (AvgIpc) is 2.95. The maximum atomic E-state index is 12.1. The van der Waals surface area contributed by atoms with Crippen molar-refractivity contribution in [1.82, 2.24) is 19.5 Å². The summed E-state index contributed by atoms with van der Waals surface area (Å²) >= 11 is 0. The molecule has 8 heteroatoms. The highest BCUT2D eigenvalue weighted by Gasteiger charge is 2.11. The van der Waals surface area contributed by atoms with Crippen molar-refractivity contribution in [3.05, 3.63) is 58.6 Å². The van der Waals surface area contributed by atoms with Crippen LogP contribution in [0.5, 0.6) is 11.5 Å². The number of carbonyl (C=O) groups excluding carboxylic acids is 1. The number of ether oxygens (including phenoxy) is 2. The molecule has 0 radical (unpaired) electrons. The average molecular weight is 342 g/mol. The second-order valence-corrected chi connectivity index (χ2v) is 5.34. The molecular formula is C17H18N4O4. The number of nitrogens with one attached hydrogen (secondary N) is 1. The Morgan fingerprint density at radius 1 is 1.16 bits per heavy atom. The highest BCUT2D eigenvalue weighted by Crippen LogP contribution is 2.27. The predicted octanol–water partition coefficient (Wildman–Crippen LogP) is 0.830. The third-order valence-electron chi connectivity index (χ3n) is 3.72. The van der Waals surface area contributed by atoms with Crippen LogP contribution in [0.1, 0.15) is 5.56 Å². The molecule has 0 atom stereocenters. The van der Waals surface area contributed by atoms with Crippen molar-refractivity contribution >= 4 is 11.6 Å².